The molecule has 0 aliphatic carbocycles. The summed E-state index contributed by atoms with van der Waals surface area (Å²) in [5, 5.41) is 10.8. The van der Waals surface area contributed by atoms with Crippen molar-refractivity contribution in [1.82, 2.24) is 0 Å². The van der Waals surface area contributed by atoms with Gasteiger partial charge in [-0.3, -0.25) is 0 Å². The van der Waals surface area contributed by atoms with Crippen LogP contribution in [0.3, 0.4) is 0 Å². The molecule has 5 heteroatoms. The predicted molar refractivity (Wildman–Crippen MR) is 75.0 cm³/mol. The van der Waals surface area contributed by atoms with Gasteiger partial charge in [-0.15, -0.1) is 0 Å². The van der Waals surface area contributed by atoms with Crippen molar-refractivity contribution in [1.29, 1.82) is 0 Å². The van der Waals surface area contributed by atoms with Crippen molar-refractivity contribution in [3.8, 4) is 11.5 Å². The molecule has 0 heterocycles. The van der Waals surface area contributed by atoms with Gasteiger partial charge in [-0.1, -0.05) is 23.7 Å². The second-order valence-electron chi connectivity index (χ2n) is 4.18. The number of rotatable bonds is 4. The smallest absolute Gasteiger partial charge is 0.163 e. The molecule has 2 aromatic rings. The first-order chi connectivity index (χ1) is 9.56. The predicted octanol–water partition coefficient (Wildman–Crippen LogP) is 3.58. The van der Waals surface area contributed by atoms with Crippen molar-refractivity contribution >= 4 is 11.6 Å². The Kier molecular flexibility index (Phi) is 4.47. The van der Waals surface area contributed by atoms with Gasteiger partial charge in [0.15, 0.2) is 11.5 Å². The van der Waals surface area contributed by atoms with E-state index in [-0.39, 0.29) is 11.3 Å². The molecule has 0 radical (unpaired) electrons. The molecule has 0 saturated heterocycles. The molecular weight excluding hydrogens is 283 g/mol. The third-order valence-electron chi connectivity index (χ3n) is 2.98. The number of hydrogen-bond acceptors (Lipinski definition) is 3. The van der Waals surface area contributed by atoms with E-state index in [2.05, 4.69) is 0 Å². The van der Waals surface area contributed by atoms with Crippen molar-refractivity contribution in [3.05, 3.63) is 58.4 Å². The van der Waals surface area contributed by atoms with Crippen LogP contribution in [0.15, 0.2) is 36.4 Å². The Morgan fingerprint density at radius 1 is 1.05 bits per heavy atom. The summed E-state index contributed by atoms with van der Waals surface area (Å²) in [6, 6.07) is 9.17. The molecule has 0 saturated carbocycles. The van der Waals surface area contributed by atoms with Crippen molar-refractivity contribution in [2.24, 2.45) is 0 Å². The molecule has 0 bridgehead atoms. The molecule has 0 aliphatic heterocycles. The van der Waals surface area contributed by atoms with Gasteiger partial charge >= 0.3 is 0 Å². The van der Waals surface area contributed by atoms with Crippen LogP contribution in [0.25, 0.3) is 0 Å². The number of benzene rings is 2. The Hall–Kier alpha value is -1.78. The summed E-state index contributed by atoms with van der Waals surface area (Å²) in [5.74, 6) is 0.0686. The van der Waals surface area contributed by atoms with Crippen LogP contribution < -0.4 is 9.47 Å². The van der Waals surface area contributed by atoms with Gasteiger partial charge in [0.25, 0.3) is 0 Å². The fourth-order valence-corrected chi connectivity index (χ4v) is 2.03. The van der Waals surface area contributed by atoms with Gasteiger partial charge < -0.3 is 14.6 Å². The van der Waals surface area contributed by atoms with E-state index < -0.39 is 11.9 Å². The van der Waals surface area contributed by atoms with Gasteiger partial charge in [-0.2, -0.15) is 0 Å². The van der Waals surface area contributed by atoms with Crippen LogP contribution in [0, 0.1) is 5.82 Å². The largest absolute Gasteiger partial charge is 0.493 e. The minimum Gasteiger partial charge on any atom is -0.493 e. The van der Waals surface area contributed by atoms with Crippen molar-refractivity contribution in [3.63, 3.8) is 0 Å². The lowest BCUT2D eigenvalue weighted by Gasteiger charge is -2.15. The van der Waals surface area contributed by atoms with Gasteiger partial charge in [0.2, 0.25) is 0 Å². The standard InChI is InChI=1S/C15H14ClFO3/c1-19-13-7-11(12(17)8-14(13)20-2)15(18)9-3-5-10(16)6-4-9/h3-8,15,18H,1-2H3. The van der Waals surface area contributed by atoms with Gasteiger partial charge in [-0.25, -0.2) is 4.39 Å². The fourth-order valence-electron chi connectivity index (χ4n) is 1.90. The molecule has 0 amide bonds. The average Bonchev–Trinajstić information content (AvgIpc) is 2.47. The molecule has 1 N–H and O–H groups in total. The van der Waals surface area contributed by atoms with Crippen LogP contribution in [-0.4, -0.2) is 19.3 Å². The fraction of sp³-hybridized carbons (Fsp3) is 0.200. The second kappa shape index (κ2) is 6.11. The van der Waals surface area contributed by atoms with E-state index in [1.165, 1.54) is 26.4 Å². The van der Waals surface area contributed by atoms with E-state index in [1.54, 1.807) is 24.3 Å². The summed E-state index contributed by atoms with van der Waals surface area (Å²) in [4.78, 5) is 0. The summed E-state index contributed by atoms with van der Waals surface area (Å²) in [6.07, 6.45) is -1.10. The molecule has 0 spiro atoms. The number of halogens is 2. The molecule has 106 valence electrons. The Morgan fingerprint density at radius 3 is 2.15 bits per heavy atom. The maximum absolute atomic E-state index is 14.0. The lowest BCUT2D eigenvalue weighted by atomic mass is 10.0. The SMILES string of the molecule is COc1cc(F)c(C(O)c2ccc(Cl)cc2)cc1OC. The number of methoxy groups -OCH3 is 2. The molecule has 20 heavy (non-hydrogen) atoms. The highest BCUT2D eigenvalue weighted by atomic mass is 35.5. The van der Waals surface area contributed by atoms with E-state index in [1.807, 2.05) is 0 Å². The van der Waals surface area contributed by atoms with E-state index >= 15 is 0 Å². The van der Waals surface area contributed by atoms with Gasteiger partial charge in [0, 0.05) is 16.7 Å². The van der Waals surface area contributed by atoms with Crippen LogP contribution in [0.4, 0.5) is 4.39 Å². The van der Waals surface area contributed by atoms with Crippen LogP contribution in [-0.2, 0) is 0 Å². The normalized spacial score (nSPS) is 12.1. The average molecular weight is 297 g/mol. The number of ether oxygens (including phenoxy) is 2. The zero-order chi connectivity index (χ0) is 14.7. The monoisotopic (exact) mass is 296 g/mol. The van der Waals surface area contributed by atoms with Crippen LogP contribution in [0.5, 0.6) is 11.5 Å². The first-order valence-electron chi connectivity index (χ1n) is 5.91. The highest BCUT2D eigenvalue weighted by Crippen LogP contribution is 2.34. The van der Waals surface area contributed by atoms with E-state index in [0.29, 0.717) is 16.3 Å². The van der Waals surface area contributed by atoms with Crippen molar-refractivity contribution < 1.29 is 19.0 Å². The Balaban J connectivity index is 2.43. The molecule has 3 nitrogen and oxygen atoms in total. The van der Waals surface area contributed by atoms with Gasteiger partial charge in [-0.05, 0) is 23.8 Å². The lowest BCUT2D eigenvalue weighted by molar-refractivity contribution is 0.214. The number of aliphatic hydroxyl groups is 1. The number of hydrogen-bond donors (Lipinski definition) is 1. The van der Waals surface area contributed by atoms with Crippen LogP contribution in [0.1, 0.15) is 17.2 Å². The lowest BCUT2D eigenvalue weighted by Crippen LogP contribution is -2.04. The molecular formula is C15H14ClFO3. The Morgan fingerprint density at radius 2 is 1.60 bits per heavy atom. The first-order valence-corrected chi connectivity index (χ1v) is 6.29. The minimum atomic E-state index is -1.10. The van der Waals surface area contributed by atoms with E-state index in [0.717, 1.165) is 0 Å². The zero-order valence-corrected chi connectivity index (χ0v) is 11.8. The molecule has 2 rings (SSSR count). The van der Waals surface area contributed by atoms with Gasteiger partial charge in [0.1, 0.15) is 11.9 Å². The first kappa shape index (κ1) is 14.6. The van der Waals surface area contributed by atoms with Gasteiger partial charge in [0.05, 0.1) is 14.2 Å². The Bertz CT molecular complexity index is 599. The topological polar surface area (TPSA) is 38.7 Å². The van der Waals surface area contributed by atoms with Crippen LogP contribution >= 0.6 is 11.6 Å². The van der Waals surface area contributed by atoms with Crippen molar-refractivity contribution in [2.45, 2.75) is 6.10 Å². The molecule has 0 aromatic heterocycles. The highest BCUT2D eigenvalue weighted by molar-refractivity contribution is 6.30. The van der Waals surface area contributed by atoms with Crippen LogP contribution in [0.2, 0.25) is 5.02 Å². The third-order valence-corrected chi connectivity index (χ3v) is 3.24. The second-order valence-corrected chi connectivity index (χ2v) is 4.62. The summed E-state index contributed by atoms with van der Waals surface area (Å²) < 4.78 is 24.2. The highest BCUT2D eigenvalue weighted by Gasteiger charge is 2.19. The quantitative estimate of drug-likeness (QED) is 0.937. The molecule has 1 atom stereocenters. The molecule has 0 aliphatic rings. The maximum atomic E-state index is 14.0. The molecule has 0 fully saturated rings. The third kappa shape index (κ3) is 2.86. The molecule has 1 unspecified atom stereocenters. The van der Waals surface area contributed by atoms with E-state index in [9.17, 15) is 9.50 Å². The summed E-state index contributed by atoms with van der Waals surface area (Å²) in [5.41, 5.74) is 0.658. The summed E-state index contributed by atoms with van der Waals surface area (Å²) in [6.45, 7) is 0. The van der Waals surface area contributed by atoms with E-state index in [4.69, 9.17) is 21.1 Å². The Labute approximate surface area is 121 Å². The maximum Gasteiger partial charge on any atom is 0.163 e. The minimum absolute atomic E-state index is 0.116. The summed E-state index contributed by atoms with van der Waals surface area (Å²) >= 11 is 5.79. The van der Waals surface area contributed by atoms with Crippen molar-refractivity contribution in [2.75, 3.05) is 14.2 Å². The molecule has 2 aromatic carbocycles. The number of aliphatic hydroxyl groups excluding tert-OH is 1. The zero-order valence-electron chi connectivity index (χ0n) is 11.1. The summed E-state index contributed by atoms with van der Waals surface area (Å²) in [7, 11) is 2.88.